The van der Waals surface area contributed by atoms with Crippen LogP contribution in [-0.4, -0.2) is 76.1 Å². The molecule has 0 aromatic heterocycles. The fourth-order valence-electron chi connectivity index (χ4n) is 0.853. The standard InChI is InChI=1S/C9H23N3.2BrH.Cu/c1-10(2)6-8-12(5)9-7-11(3)4;;;/h6-9H2,1-5H3;2*1H;/q;;;+2/p-2. The first-order valence-corrected chi connectivity index (χ1v) is 9.38. The Morgan fingerprint density at radius 3 is 1.20 bits per heavy atom. The first-order chi connectivity index (χ1) is 6.93. The monoisotopic (exact) mass is 394 g/mol. The van der Waals surface area contributed by atoms with Crippen molar-refractivity contribution in [2.75, 3.05) is 61.4 Å². The van der Waals surface area contributed by atoms with Crippen LogP contribution in [0.2, 0.25) is 0 Å². The summed E-state index contributed by atoms with van der Waals surface area (Å²) in [6.45, 7) is 4.59. The van der Waals surface area contributed by atoms with Crippen LogP contribution >= 0.6 is 28.2 Å². The van der Waals surface area contributed by atoms with Gasteiger partial charge in [0.1, 0.15) is 0 Å². The second-order valence-corrected chi connectivity index (χ2v) is 8.70. The molecule has 0 saturated heterocycles. The first kappa shape index (κ1) is 18.7. The van der Waals surface area contributed by atoms with Gasteiger partial charge in [0.25, 0.3) is 0 Å². The van der Waals surface area contributed by atoms with Crippen LogP contribution in [0.15, 0.2) is 0 Å². The van der Waals surface area contributed by atoms with Gasteiger partial charge in [-0.3, -0.25) is 0 Å². The van der Waals surface area contributed by atoms with Gasteiger partial charge in [-0.2, -0.15) is 0 Å². The molecule has 0 bridgehead atoms. The van der Waals surface area contributed by atoms with Crippen LogP contribution in [0.4, 0.5) is 0 Å². The van der Waals surface area contributed by atoms with Crippen LogP contribution in [0.5, 0.6) is 0 Å². The fraction of sp³-hybridized carbons (Fsp3) is 1.00. The Labute approximate surface area is 115 Å². The van der Waals surface area contributed by atoms with Gasteiger partial charge in [0.15, 0.2) is 0 Å². The van der Waals surface area contributed by atoms with E-state index in [9.17, 15) is 0 Å². The number of likely N-dealkylation sites (N-methyl/N-ethyl adjacent to an activating group) is 3. The zero-order valence-electron chi connectivity index (χ0n) is 10.2. The minimum absolute atomic E-state index is 1.14. The van der Waals surface area contributed by atoms with Crippen LogP contribution < -0.4 is 0 Å². The normalized spacial score (nSPS) is 11.1. The van der Waals surface area contributed by atoms with Gasteiger partial charge in [-0.05, 0) is 35.2 Å². The van der Waals surface area contributed by atoms with E-state index >= 15 is 0 Å². The maximum absolute atomic E-state index is 2.97. The molecule has 0 aromatic rings. The van der Waals surface area contributed by atoms with E-state index in [1.807, 2.05) is 0 Å². The van der Waals surface area contributed by atoms with Crippen molar-refractivity contribution in [2.45, 2.75) is 0 Å². The Morgan fingerprint density at radius 1 is 0.733 bits per heavy atom. The molecular weight excluding hydrogens is 373 g/mol. The van der Waals surface area contributed by atoms with Crippen LogP contribution in [-0.2, 0) is 11.3 Å². The third-order valence-corrected chi connectivity index (χ3v) is 1.86. The summed E-state index contributed by atoms with van der Waals surface area (Å²) in [5.74, 6) is 0. The number of hydrogen-bond acceptors (Lipinski definition) is 3. The molecule has 0 rings (SSSR count). The summed E-state index contributed by atoms with van der Waals surface area (Å²) in [7, 11) is 10.6. The van der Waals surface area contributed by atoms with E-state index in [2.05, 4.69) is 78.2 Å². The molecule has 0 N–H and O–H groups in total. The first-order valence-electron chi connectivity index (χ1n) is 4.73. The molecule has 0 amide bonds. The molecule has 3 nitrogen and oxygen atoms in total. The van der Waals surface area contributed by atoms with Crippen molar-refractivity contribution in [2.24, 2.45) is 0 Å². The molecule has 0 unspecified atom stereocenters. The summed E-state index contributed by atoms with van der Waals surface area (Å²) in [5.41, 5.74) is 0. The molecule has 0 saturated carbocycles. The molecule has 99 valence electrons. The average Bonchev–Trinajstić information content (AvgIpc) is 2.12. The van der Waals surface area contributed by atoms with Gasteiger partial charge in [0.05, 0.1) is 0 Å². The Bertz CT molecular complexity index is 114. The van der Waals surface area contributed by atoms with Crippen molar-refractivity contribution in [1.82, 2.24) is 14.7 Å². The van der Waals surface area contributed by atoms with Crippen molar-refractivity contribution in [3.05, 3.63) is 0 Å². The van der Waals surface area contributed by atoms with Crippen molar-refractivity contribution in [3.63, 3.8) is 0 Å². The van der Waals surface area contributed by atoms with Gasteiger partial charge >= 0.3 is 39.6 Å². The predicted octanol–water partition coefficient (Wildman–Crippen LogP) is 1.73. The minimum atomic E-state index is 1.14. The average molecular weight is 397 g/mol. The van der Waals surface area contributed by atoms with E-state index in [1.54, 1.807) is 0 Å². The van der Waals surface area contributed by atoms with E-state index in [0.717, 1.165) is 26.2 Å². The third-order valence-electron chi connectivity index (χ3n) is 1.86. The van der Waals surface area contributed by atoms with E-state index in [4.69, 9.17) is 0 Å². The quantitative estimate of drug-likeness (QED) is 0.633. The molecule has 6 heteroatoms. The Balaban J connectivity index is 0. The number of nitrogens with zero attached hydrogens (tertiary/aromatic N) is 3. The molecule has 0 aromatic carbocycles. The van der Waals surface area contributed by atoms with E-state index in [0.29, 0.717) is 0 Å². The molecular formula is C9H23Br2CuN3. The van der Waals surface area contributed by atoms with Gasteiger partial charge in [-0.25, -0.2) is 0 Å². The Morgan fingerprint density at radius 2 is 1.00 bits per heavy atom. The molecule has 0 aliphatic rings. The van der Waals surface area contributed by atoms with Crippen LogP contribution in [0, 0.1) is 0 Å². The number of halogens is 2. The van der Waals surface area contributed by atoms with Crippen LogP contribution in [0.1, 0.15) is 0 Å². The summed E-state index contributed by atoms with van der Waals surface area (Å²) >= 11 is 7.38. The summed E-state index contributed by atoms with van der Waals surface area (Å²) in [4.78, 5) is 6.79. The zero-order chi connectivity index (χ0) is 12.3. The molecule has 0 heterocycles. The predicted molar refractivity (Wildman–Crippen MR) is 72.5 cm³/mol. The SMILES string of the molecule is CN(C)CCN(C)CCN(C)C.[Br][Cu][Br]. The topological polar surface area (TPSA) is 9.72 Å². The number of rotatable bonds is 6. The maximum atomic E-state index is 2.97. The van der Waals surface area contributed by atoms with E-state index in [1.165, 1.54) is 11.3 Å². The van der Waals surface area contributed by atoms with Gasteiger partial charge in [0.2, 0.25) is 0 Å². The molecule has 15 heavy (non-hydrogen) atoms. The Hall–Kier alpha value is 1.36. The molecule has 0 fully saturated rings. The summed E-state index contributed by atoms with van der Waals surface area (Å²) in [6.07, 6.45) is 0. The van der Waals surface area contributed by atoms with Gasteiger partial charge < -0.3 is 14.7 Å². The summed E-state index contributed by atoms with van der Waals surface area (Å²) in [6, 6.07) is 0. The zero-order valence-corrected chi connectivity index (χ0v) is 14.3. The second kappa shape index (κ2) is 13.4. The van der Waals surface area contributed by atoms with Gasteiger partial charge in [-0.15, -0.1) is 0 Å². The van der Waals surface area contributed by atoms with E-state index in [-0.39, 0.29) is 0 Å². The third kappa shape index (κ3) is 21.2. The van der Waals surface area contributed by atoms with Crippen LogP contribution in [0.25, 0.3) is 0 Å². The second-order valence-electron chi connectivity index (χ2n) is 3.95. The molecule has 0 spiro atoms. The summed E-state index contributed by atoms with van der Waals surface area (Å²) in [5, 5.41) is 0. The fourth-order valence-corrected chi connectivity index (χ4v) is 0.853. The molecule has 0 aliphatic carbocycles. The number of hydrogen-bond donors (Lipinski definition) is 0. The van der Waals surface area contributed by atoms with Crippen molar-refractivity contribution in [3.8, 4) is 0 Å². The van der Waals surface area contributed by atoms with E-state index < -0.39 is 0 Å². The molecule has 0 atom stereocenters. The molecule has 0 aliphatic heterocycles. The summed E-state index contributed by atoms with van der Waals surface area (Å²) < 4.78 is 0. The van der Waals surface area contributed by atoms with Crippen molar-refractivity contribution >= 4 is 28.2 Å². The van der Waals surface area contributed by atoms with Crippen molar-refractivity contribution < 1.29 is 11.3 Å². The van der Waals surface area contributed by atoms with Crippen LogP contribution in [0.3, 0.4) is 0 Å². The van der Waals surface area contributed by atoms with Gasteiger partial charge in [0, 0.05) is 26.2 Å². The molecule has 0 radical (unpaired) electrons. The van der Waals surface area contributed by atoms with Gasteiger partial charge in [-0.1, -0.05) is 0 Å². The Kier molecular flexibility index (Phi) is 16.8. The van der Waals surface area contributed by atoms with Crippen molar-refractivity contribution in [1.29, 1.82) is 0 Å².